The van der Waals surface area contributed by atoms with Gasteiger partial charge in [-0.3, -0.25) is 0 Å². The lowest BCUT2D eigenvalue weighted by Crippen LogP contribution is -1.98. The van der Waals surface area contributed by atoms with Gasteiger partial charge in [-0.05, 0) is 23.8 Å². The molecule has 0 spiro atoms. The van der Waals surface area contributed by atoms with Crippen molar-refractivity contribution in [2.75, 3.05) is 18.1 Å². The fourth-order valence-electron chi connectivity index (χ4n) is 1.71. The van der Waals surface area contributed by atoms with Crippen LogP contribution in [0.15, 0.2) is 23.1 Å². The highest BCUT2D eigenvalue weighted by Gasteiger charge is 2.19. The highest BCUT2D eigenvalue weighted by atomic mass is 35.5. The van der Waals surface area contributed by atoms with Crippen LogP contribution in [0.5, 0.6) is 0 Å². The monoisotopic (exact) mass is 247 g/mol. The van der Waals surface area contributed by atoms with Gasteiger partial charge < -0.3 is 5.32 Å². The lowest BCUT2D eigenvalue weighted by Gasteiger charge is -2.04. The van der Waals surface area contributed by atoms with Gasteiger partial charge in [-0.15, -0.1) is 12.4 Å². The molecule has 15 heavy (non-hydrogen) atoms. The molecule has 0 aliphatic carbocycles. The fraction of sp³-hybridized carbons (Fsp3) is 0.400. The van der Waals surface area contributed by atoms with Gasteiger partial charge in [0, 0.05) is 24.4 Å². The maximum absolute atomic E-state index is 11.3. The fourth-order valence-corrected chi connectivity index (χ4v) is 2.37. The minimum Gasteiger partial charge on any atom is -0.384 e. The summed E-state index contributed by atoms with van der Waals surface area (Å²) in [5.41, 5.74) is 2.16. The summed E-state index contributed by atoms with van der Waals surface area (Å²) in [5, 5.41) is 3.23. The van der Waals surface area contributed by atoms with E-state index in [0.717, 1.165) is 17.8 Å². The molecule has 1 heterocycles. The van der Waals surface area contributed by atoms with Crippen molar-refractivity contribution in [3.8, 4) is 0 Å². The Morgan fingerprint density at radius 3 is 2.67 bits per heavy atom. The van der Waals surface area contributed by atoms with Gasteiger partial charge in [-0.1, -0.05) is 6.92 Å². The van der Waals surface area contributed by atoms with Crippen molar-refractivity contribution in [1.82, 2.24) is 0 Å². The van der Waals surface area contributed by atoms with Gasteiger partial charge in [0.05, 0.1) is 4.90 Å². The van der Waals surface area contributed by atoms with Crippen LogP contribution in [0.3, 0.4) is 0 Å². The Kier molecular flexibility index (Phi) is 3.31. The van der Waals surface area contributed by atoms with Crippen LogP contribution in [0.25, 0.3) is 0 Å². The first-order valence-corrected chi connectivity index (χ1v) is 6.45. The van der Waals surface area contributed by atoms with E-state index in [-0.39, 0.29) is 12.4 Å². The highest BCUT2D eigenvalue weighted by Crippen LogP contribution is 2.32. The van der Waals surface area contributed by atoms with E-state index >= 15 is 0 Å². The Labute approximate surface area is 96.2 Å². The molecule has 1 aliphatic heterocycles. The first-order chi connectivity index (χ1) is 6.48. The Hall–Kier alpha value is -0.740. The van der Waals surface area contributed by atoms with Gasteiger partial charge in [-0.2, -0.15) is 0 Å². The summed E-state index contributed by atoms with van der Waals surface area (Å²) in [6, 6.07) is 5.27. The van der Waals surface area contributed by atoms with E-state index in [1.165, 1.54) is 6.26 Å². The zero-order valence-corrected chi connectivity index (χ0v) is 10.3. The van der Waals surface area contributed by atoms with E-state index in [9.17, 15) is 8.42 Å². The molecule has 0 aromatic heterocycles. The van der Waals surface area contributed by atoms with Gasteiger partial charge in [0.2, 0.25) is 0 Å². The molecule has 0 saturated carbocycles. The summed E-state index contributed by atoms with van der Waals surface area (Å²) >= 11 is 0. The molecule has 0 bridgehead atoms. The van der Waals surface area contributed by atoms with Gasteiger partial charge in [-0.25, -0.2) is 8.42 Å². The van der Waals surface area contributed by atoms with Gasteiger partial charge in [0.1, 0.15) is 0 Å². The summed E-state index contributed by atoms with van der Waals surface area (Å²) in [6.07, 6.45) is 1.24. The van der Waals surface area contributed by atoms with Crippen LogP contribution in [-0.2, 0) is 9.84 Å². The molecule has 1 unspecified atom stereocenters. The summed E-state index contributed by atoms with van der Waals surface area (Å²) in [5.74, 6) is 0.395. The van der Waals surface area contributed by atoms with E-state index in [1.807, 2.05) is 6.07 Å². The molecule has 5 heteroatoms. The number of hydrogen-bond donors (Lipinski definition) is 1. The number of nitrogens with one attached hydrogen (secondary N) is 1. The zero-order valence-electron chi connectivity index (χ0n) is 8.65. The molecule has 1 aliphatic rings. The average molecular weight is 248 g/mol. The second kappa shape index (κ2) is 4.02. The third-order valence-corrected chi connectivity index (χ3v) is 3.69. The van der Waals surface area contributed by atoms with Crippen LogP contribution in [0, 0.1) is 0 Å². The number of benzene rings is 1. The van der Waals surface area contributed by atoms with E-state index in [4.69, 9.17) is 0 Å². The van der Waals surface area contributed by atoms with E-state index in [2.05, 4.69) is 12.2 Å². The number of halogens is 1. The Morgan fingerprint density at radius 2 is 2.07 bits per heavy atom. The van der Waals surface area contributed by atoms with Crippen molar-refractivity contribution >= 4 is 27.9 Å². The molecular formula is C10H14ClNO2S. The molecule has 3 nitrogen and oxygen atoms in total. The maximum Gasteiger partial charge on any atom is 0.175 e. The first kappa shape index (κ1) is 12.3. The smallest absolute Gasteiger partial charge is 0.175 e. The number of sulfone groups is 1. The van der Waals surface area contributed by atoms with E-state index in [0.29, 0.717) is 10.8 Å². The number of rotatable bonds is 1. The van der Waals surface area contributed by atoms with Crippen LogP contribution in [0.4, 0.5) is 5.69 Å². The molecule has 2 rings (SSSR count). The minimum atomic E-state index is -3.08. The molecule has 1 aromatic rings. The van der Waals surface area contributed by atoms with Crippen molar-refractivity contribution in [2.45, 2.75) is 17.7 Å². The van der Waals surface area contributed by atoms with Crippen LogP contribution >= 0.6 is 12.4 Å². The summed E-state index contributed by atoms with van der Waals surface area (Å²) in [6.45, 7) is 2.98. The topological polar surface area (TPSA) is 46.2 Å². The SMILES string of the molecule is CC1CNc2ccc(S(C)(=O)=O)cc21.Cl. The molecule has 0 amide bonds. The summed E-state index contributed by atoms with van der Waals surface area (Å²) in [4.78, 5) is 0.409. The Balaban J connectivity index is 0.00000112. The molecule has 0 radical (unpaired) electrons. The van der Waals surface area contributed by atoms with Crippen molar-refractivity contribution < 1.29 is 8.42 Å². The van der Waals surface area contributed by atoms with E-state index in [1.54, 1.807) is 12.1 Å². The van der Waals surface area contributed by atoms with Crippen LogP contribution in [0.2, 0.25) is 0 Å². The van der Waals surface area contributed by atoms with Crippen molar-refractivity contribution in [3.63, 3.8) is 0 Å². The third-order valence-electron chi connectivity index (χ3n) is 2.58. The van der Waals surface area contributed by atoms with Crippen molar-refractivity contribution in [3.05, 3.63) is 23.8 Å². The third kappa shape index (κ3) is 2.26. The lowest BCUT2D eigenvalue weighted by atomic mass is 10.0. The molecule has 1 N–H and O–H groups in total. The quantitative estimate of drug-likeness (QED) is 0.826. The summed E-state index contributed by atoms with van der Waals surface area (Å²) < 4.78 is 22.6. The average Bonchev–Trinajstić information content (AvgIpc) is 2.46. The highest BCUT2D eigenvalue weighted by molar-refractivity contribution is 7.90. The lowest BCUT2D eigenvalue weighted by molar-refractivity contribution is 0.601. The van der Waals surface area contributed by atoms with E-state index < -0.39 is 9.84 Å². The molecule has 0 fully saturated rings. The van der Waals surface area contributed by atoms with Gasteiger partial charge in [0.25, 0.3) is 0 Å². The Bertz CT molecular complexity index is 470. The normalized spacial score (nSPS) is 18.9. The van der Waals surface area contributed by atoms with Gasteiger partial charge in [0.15, 0.2) is 9.84 Å². The number of anilines is 1. The molecule has 1 atom stereocenters. The minimum absolute atomic E-state index is 0. The van der Waals surface area contributed by atoms with Crippen molar-refractivity contribution in [1.29, 1.82) is 0 Å². The number of hydrogen-bond acceptors (Lipinski definition) is 3. The maximum atomic E-state index is 11.3. The largest absolute Gasteiger partial charge is 0.384 e. The summed E-state index contributed by atoms with van der Waals surface area (Å²) in [7, 11) is -3.08. The second-order valence-corrected chi connectivity index (χ2v) is 5.82. The molecule has 1 aromatic carbocycles. The Morgan fingerprint density at radius 1 is 1.40 bits per heavy atom. The van der Waals surface area contributed by atoms with Gasteiger partial charge >= 0.3 is 0 Å². The van der Waals surface area contributed by atoms with Crippen LogP contribution in [0.1, 0.15) is 18.4 Å². The molecule has 0 saturated heterocycles. The predicted octanol–water partition coefficient (Wildman–Crippen LogP) is 2.04. The van der Waals surface area contributed by atoms with Crippen molar-refractivity contribution in [2.24, 2.45) is 0 Å². The molecular weight excluding hydrogens is 234 g/mol. The molecule has 84 valence electrons. The van der Waals surface area contributed by atoms with Crippen LogP contribution in [-0.4, -0.2) is 21.2 Å². The predicted molar refractivity (Wildman–Crippen MR) is 63.7 cm³/mol. The zero-order chi connectivity index (χ0) is 10.3. The standard InChI is InChI=1S/C10H13NO2S.ClH/c1-7-6-11-10-4-3-8(5-9(7)10)14(2,12)13;/h3-5,7,11H,6H2,1-2H3;1H. The first-order valence-electron chi connectivity index (χ1n) is 4.56. The number of fused-ring (bicyclic) bond motifs is 1. The second-order valence-electron chi connectivity index (χ2n) is 3.80. The van der Waals surface area contributed by atoms with Crippen LogP contribution < -0.4 is 5.32 Å².